The number of nitrogens with two attached hydrogens (primary N) is 2. The molecule has 1 saturated heterocycles. The van der Waals surface area contributed by atoms with Gasteiger partial charge in [-0.15, -0.1) is 0 Å². The average molecular weight is 215 g/mol. The second kappa shape index (κ2) is 5.44. The fourth-order valence-corrected chi connectivity index (χ4v) is 1.97. The van der Waals surface area contributed by atoms with E-state index in [1.165, 1.54) is 0 Å². The molecule has 0 saturated carbocycles. The smallest absolute Gasteiger partial charge is 0.223 e. The molecule has 0 aromatic rings. The summed E-state index contributed by atoms with van der Waals surface area (Å²) >= 11 is 0. The SMILES string of the molecule is NCCC(=O)N1CCC(O)(CCN)CC1. The summed E-state index contributed by atoms with van der Waals surface area (Å²) in [6, 6.07) is 0. The number of aliphatic hydroxyl groups is 1. The molecule has 1 rings (SSSR count). The van der Waals surface area contributed by atoms with E-state index >= 15 is 0 Å². The zero-order valence-electron chi connectivity index (χ0n) is 9.11. The summed E-state index contributed by atoms with van der Waals surface area (Å²) in [4.78, 5) is 13.3. The highest BCUT2D eigenvalue weighted by Crippen LogP contribution is 2.25. The number of carbonyl (C=O) groups excluding carboxylic acids is 1. The van der Waals surface area contributed by atoms with Crippen molar-refractivity contribution in [3.8, 4) is 0 Å². The third-order valence-corrected chi connectivity index (χ3v) is 3.01. The highest BCUT2D eigenvalue weighted by molar-refractivity contribution is 5.76. The number of carbonyl (C=O) groups is 1. The van der Waals surface area contributed by atoms with Crippen LogP contribution < -0.4 is 11.5 Å². The topological polar surface area (TPSA) is 92.6 Å². The first-order valence-electron chi connectivity index (χ1n) is 5.51. The summed E-state index contributed by atoms with van der Waals surface area (Å²) in [6.07, 6.45) is 2.27. The van der Waals surface area contributed by atoms with Gasteiger partial charge in [0, 0.05) is 26.1 Å². The molecule has 1 aliphatic heterocycles. The van der Waals surface area contributed by atoms with E-state index in [9.17, 15) is 9.90 Å². The van der Waals surface area contributed by atoms with Crippen LogP contribution in [0.25, 0.3) is 0 Å². The molecule has 5 nitrogen and oxygen atoms in total. The van der Waals surface area contributed by atoms with Crippen molar-refractivity contribution in [1.29, 1.82) is 0 Å². The summed E-state index contributed by atoms with van der Waals surface area (Å²) in [6.45, 7) is 2.13. The van der Waals surface area contributed by atoms with Gasteiger partial charge in [-0.2, -0.15) is 0 Å². The fraction of sp³-hybridized carbons (Fsp3) is 0.900. The maximum Gasteiger partial charge on any atom is 0.223 e. The quantitative estimate of drug-likeness (QED) is 0.563. The van der Waals surface area contributed by atoms with Crippen molar-refractivity contribution in [3.63, 3.8) is 0 Å². The molecule has 0 aromatic heterocycles. The predicted octanol–water partition coefficient (Wildman–Crippen LogP) is -0.962. The molecule has 1 fully saturated rings. The molecule has 0 bridgehead atoms. The van der Waals surface area contributed by atoms with E-state index in [1.54, 1.807) is 4.90 Å². The van der Waals surface area contributed by atoms with Crippen molar-refractivity contribution >= 4 is 5.91 Å². The van der Waals surface area contributed by atoms with Crippen LogP contribution in [0.4, 0.5) is 0 Å². The van der Waals surface area contributed by atoms with Crippen LogP contribution >= 0.6 is 0 Å². The number of hydrogen-bond acceptors (Lipinski definition) is 4. The summed E-state index contributed by atoms with van der Waals surface area (Å²) in [5, 5.41) is 10.1. The van der Waals surface area contributed by atoms with Gasteiger partial charge in [-0.1, -0.05) is 0 Å². The summed E-state index contributed by atoms with van der Waals surface area (Å²) in [5.74, 6) is 0.0901. The summed E-state index contributed by atoms with van der Waals surface area (Å²) < 4.78 is 0. The molecule has 5 heteroatoms. The van der Waals surface area contributed by atoms with E-state index in [0.717, 1.165) is 0 Å². The molecule has 0 unspecified atom stereocenters. The Labute approximate surface area is 90.4 Å². The number of hydrogen-bond donors (Lipinski definition) is 3. The molecule has 15 heavy (non-hydrogen) atoms. The first-order valence-corrected chi connectivity index (χ1v) is 5.51. The Kier molecular flexibility index (Phi) is 4.50. The lowest BCUT2D eigenvalue weighted by Gasteiger charge is -2.38. The Hall–Kier alpha value is -0.650. The lowest BCUT2D eigenvalue weighted by molar-refractivity contribution is -0.135. The highest BCUT2D eigenvalue weighted by atomic mass is 16.3. The van der Waals surface area contributed by atoms with Gasteiger partial charge >= 0.3 is 0 Å². The van der Waals surface area contributed by atoms with Gasteiger partial charge in [0.05, 0.1) is 5.60 Å². The van der Waals surface area contributed by atoms with Crippen LogP contribution in [0.2, 0.25) is 0 Å². The van der Waals surface area contributed by atoms with E-state index in [4.69, 9.17) is 11.5 Å². The molecular weight excluding hydrogens is 194 g/mol. The minimum atomic E-state index is -0.658. The standard InChI is InChI=1S/C10H21N3O2/c11-5-1-9(14)13-7-3-10(15,2-6-12)4-8-13/h15H,1-8,11-12H2. The Bertz CT molecular complexity index is 213. The van der Waals surface area contributed by atoms with Crippen LogP contribution in [0.5, 0.6) is 0 Å². The van der Waals surface area contributed by atoms with Crippen molar-refractivity contribution < 1.29 is 9.90 Å². The second-order valence-corrected chi connectivity index (χ2v) is 4.18. The van der Waals surface area contributed by atoms with Crippen LogP contribution in [0.3, 0.4) is 0 Å². The Morgan fingerprint density at radius 2 is 1.87 bits per heavy atom. The molecule has 0 aliphatic carbocycles. The van der Waals surface area contributed by atoms with Gasteiger partial charge < -0.3 is 21.5 Å². The van der Waals surface area contributed by atoms with Gasteiger partial charge in [0.1, 0.15) is 0 Å². The van der Waals surface area contributed by atoms with Crippen molar-refractivity contribution in [2.24, 2.45) is 11.5 Å². The van der Waals surface area contributed by atoms with Gasteiger partial charge in [0.25, 0.3) is 0 Å². The van der Waals surface area contributed by atoms with Crippen LogP contribution in [0.1, 0.15) is 25.7 Å². The zero-order chi connectivity index (χ0) is 11.3. The van der Waals surface area contributed by atoms with Crippen molar-refractivity contribution in [2.45, 2.75) is 31.3 Å². The monoisotopic (exact) mass is 215 g/mol. The minimum Gasteiger partial charge on any atom is -0.390 e. The van der Waals surface area contributed by atoms with Crippen LogP contribution in [0, 0.1) is 0 Å². The van der Waals surface area contributed by atoms with Gasteiger partial charge in [-0.05, 0) is 25.8 Å². The number of rotatable bonds is 4. The number of amides is 1. The minimum absolute atomic E-state index is 0.0901. The highest BCUT2D eigenvalue weighted by Gasteiger charge is 2.32. The molecule has 5 N–H and O–H groups in total. The largest absolute Gasteiger partial charge is 0.390 e. The van der Waals surface area contributed by atoms with Crippen LogP contribution in [-0.2, 0) is 4.79 Å². The second-order valence-electron chi connectivity index (χ2n) is 4.18. The van der Waals surface area contributed by atoms with Crippen molar-refractivity contribution in [3.05, 3.63) is 0 Å². The Morgan fingerprint density at radius 3 is 2.33 bits per heavy atom. The maximum atomic E-state index is 11.5. The Morgan fingerprint density at radius 1 is 1.27 bits per heavy atom. The Balaban J connectivity index is 2.38. The van der Waals surface area contributed by atoms with E-state index in [1.807, 2.05) is 0 Å². The molecule has 0 atom stereocenters. The zero-order valence-corrected chi connectivity index (χ0v) is 9.11. The summed E-state index contributed by atoms with van der Waals surface area (Å²) in [5.41, 5.74) is 10.1. The van der Waals surface area contributed by atoms with E-state index in [0.29, 0.717) is 51.9 Å². The van der Waals surface area contributed by atoms with E-state index < -0.39 is 5.60 Å². The molecular formula is C10H21N3O2. The van der Waals surface area contributed by atoms with Crippen LogP contribution in [-0.4, -0.2) is 47.7 Å². The first-order chi connectivity index (χ1) is 7.11. The van der Waals surface area contributed by atoms with E-state index in [-0.39, 0.29) is 5.91 Å². The number of piperidine rings is 1. The van der Waals surface area contributed by atoms with Crippen molar-refractivity contribution in [2.75, 3.05) is 26.2 Å². The molecule has 0 aromatic carbocycles. The molecule has 1 aliphatic rings. The molecule has 1 heterocycles. The van der Waals surface area contributed by atoms with Gasteiger partial charge in [0.2, 0.25) is 5.91 Å². The number of likely N-dealkylation sites (tertiary alicyclic amines) is 1. The van der Waals surface area contributed by atoms with Gasteiger partial charge in [-0.3, -0.25) is 4.79 Å². The average Bonchev–Trinajstić information content (AvgIpc) is 2.19. The lowest BCUT2D eigenvalue weighted by atomic mass is 9.88. The van der Waals surface area contributed by atoms with Gasteiger partial charge in [0.15, 0.2) is 0 Å². The lowest BCUT2D eigenvalue weighted by Crippen LogP contribution is -2.47. The van der Waals surface area contributed by atoms with E-state index in [2.05, 4.69) is 0 Å². The normalized spacial score (nSPS) is 20.3. The molecule has 0 spiro atoms. The third-order valence-electron chi connectivity index (χ3n) is 3.01. The molecule has 1 amide bonds. The van der Waals surface area contributed by atoms with Gasteiger partial charge in [-0.25, -0.2) is 0 Å². The number of nitrogens with zero attached hydrogens (tertiary/aromatic N) is 1. The first kappa shape index (κ1) is 12.4. The fourth-order valence-electron chi connectivity index (χ4n) is 1.97. The van der Waals surface area contributed by atoms with Crippen molar-refractivity contribution in [1.82, 2.24) is 4.90 Å². The predicted molar refractivity (Wildman–Crippen MR) is 58.1 cm³/mol. The van der Waals surface area contributed by atoms with Crippen LogP contribution in [0.15, 0.2) is 0 Å². The summed E-state index contributed by atoms with van der Waals surface area (Å²) in [7, 11) is 0. The molecule has 0 radical (unpaired) electrons. The molecule has 88 valence electrons. The third kappa shape index (κ3) is 3.44. The maximum absolute atomic E-state index is 11.5.